The number of nitrogens with zero attached hydrogens (tertiary/aromatic N) is 2. The molecule has 0 bridgehead atoms. The molecule has 15 heavy (non-hydrogen) atoms. The predicted molar refractivity (Wildman–Crippen MR) is 47.0 cm³/mol. The molecule has 1 atom stereocenters. The zero-order valence-corrected chi connectivity index (χ0v) is 7.91. The predicted octanol–water partition coefficient (Wildman–Crippen LogP) is 0.307. The number of halogens is 3. The summed E-state index contributed by atoms with van der Waals surface area (Å²) in [7, 11) is 0. The summed E-state index contributed by atoms with van der Waals surface area (Å²) in [5.41, 5.74) is 5.87. The molecule has 86 valence electrons. The van der Waals surface area contributed by atoms with Gasteiger partial charge >= 0.3 is 6.18 Å². The van der Waals surface area contributed by atoms with Gasteiger partial charge in [-0.3, -0.25) is 0 Å². The van der Waals surface area contributed by atoms with Crippen LogP contribution in [0.4, 0.5) is 13.2 Å². The Morgan fingerprint density at radius 2 is 2.20 bits per heavy atom. The van der Waals surface area contributed by atoms with E-state index in [1.165, 1.54) is 6.20 Å². The second-order valence-corrected chi connectivity index (χ2v) is 3.30. The average molecular weight is 223 g/mol. The highest BCUT2D eigenvalue weighted by molar-refractivity contribution is 4.99. The van der Waals surface area contributed by atoms with Gasteiger partial charge in [-0.25, -0.2) is 4.98 Å². The van der Waals surface area contributed by atoms with Crippen LogP contribution in [0.3, 0.4) is 0 Å². The molecule has 0 spiro atoms. The molecule has 1 aromatic rings. The fourth-order valence-corrected chi connectivity index (χ4v) is 1.14. The molecule has 0 aliphatic rings. The molecule has 0 aliphatic carbocycles. The minimum absolute atomic E-state index is 0.216. The number of rotatable bonds is 4. The van der Waals surface area contributed by atoms with E-state index in [-0.39, 0.29) is 13.0 Å². The zero-order valence-electron chi connectivity index (χ0n) is 7.91. The van der Waals surface area contributed by atoms with Crippen molar-refractivity contribution in [2.45, 2.75) is 25.2 Å². The van der Waals surface area contributed by atoms with Crippen molar-refractivity contribution in [2.75, 3.05) is 6.61 Å². The van der Waals surface area contributed by atoms with E-state index in [1.54, 1.807) is 0 Å². The molecule has 1 heterocycles. The van der Waals surface area contributed by atoms with Crippen LogP contribution in [0.5, 0.6) is 0 Å². The number of aliphatic hydroxyl groups is 1. The standard InChI is InChI=1S/C8H12F3N3O/c9-8(10,11)4-14-2-7(13-5-14)1-6(12)3-15/h2,5-6,15H,1,3-4,12H2. The van der Waals surface area contributed by atoms with Gasteiger partial charge in [0.2, 0.25) is 0 Å². The van der Waals surface area contributed by atoms with Gasteiger partial charge in [0.15, 0.2) is 0 Å². The van der Waals surface area contributed by atoms with Gasteiger partial charge in [-0.2, -0.15) is 13.2 Å². The summed E-state index contributed by atoms with van der Waals surface area (Å²) in [5.74, 6) is 0. The van der Waals surface area contributed by atoms with E-state index in [0.717, 1.165) is 10.9 Å². The third kappa shape index (κ3) is 4.30. The molecule has 3 N–H and O–H groups in total. The molecule has 1 aromatic heterocycles. The van der Waals surface area contributed by atoms with E-state index in [0.29, 0.717) is 5.69 Å². The Morgan fingerprint density at radius 1 is 1.53 bits per heavy atom. The number of hydrogen-bond donors (Lipinski definition) is 2. The van der Waals surface area contributed by atoms with Gasteiger partial charge in [0.25, 0.3) is 0 Å². The Morgan fingerprint density at radius 3 is 2.73 bits per heavy atom. The molecule has 7 heteroatoms. The van der Waals surface area contributed by atoms with Gasteiger partial charge in [-0.1, -0.05) is 0 Å². The largest absolute Gasteiger partial charge is 0.406 e. The van der Waals surface area contributed by atoms with E-state index in [4.69, 9.17) is 10.8 Å². The van der Waals surface area contributed by atoms with Gasteiger partial charge in [0.1, 0.15) is 6.54 Å². The summed E-state index contributed by atoms with van der Waals surface area (Å²) < 4.78 is 36.8. The van der Waals surface area contributed by atoms with Crippen molar-refractivity contribution in [2.24, 2.45) is 5.73 Å². The molecule has 0 amide bonds. The Hall–Kier alpha value is -1.08. The molecule has 1 rings (SSSR count). The second kappa shape index (κ2) is 4.63. The first-order valence-corrected chi connectivity index (χ1v) is 4.34. The molecule has 0 aromatic carbocycles. The Bertz CT molecular complexity index is 310. The van der Waals surface area contributed by atoms with Gasteiger partial charge in [-0.15, -0.1) is 0 Å². The van der Waals surface area contributed by atoms with Crippen LogP contribution in [0.1, 0.15) is 5.69 Å². The Balaban J connectivity index is 2.56. The van der Waals surface area contributed by atoms with Crippen LogP contribution in [-0.4, -0.2) is 33.5 Å². The van der Waals surface area contributed by atoms with Crippen LogP contribution in [0.2, 0.25) is 0 Å². The average Bonchev–Trinajstić information content (AvgIpc) is 2.49. The fraction of sp³-hybridized carbons (Fsp3) is 0.625. The van der Waals surface area contributed by atoms with E-state index in [9.17, 15) is 13.2 Å². The van der Waals surface area contributed by atoms with Gasteiger partial charge in [0.05, 0.1) is 18.6 Å². The van der Waals surface area contributed by atoms with Gasteiger partial charge < -0.3 is 15.4 Å². The lowest BCUT2D eigenvalue weighted by Crippen LogP contribution is -2.26. The third-order valence-electron chi connectivity index (χ3n) is 1.75. The first kappa shape index (κ1) is 12.0. The van der Waals surface area contributed by atoms with Crippen molar-refractivity contribution in [3.05, 3.63) is 18.2 Å². The van der Waals surface area contributed by atoms with Crippen molar-refractivity contribution >= 4 is 0 Å². The Labute approximate surface area is 84.5 Å². The monoisotopic (exact) mass is 223 g/mol. The molecule has 0 fully saturated rings. The first-order chi connectivity index (χ1) is 6.90. The molecular formula is C8H12F3N3O. The van der Waals surface area contributed by atoms with Gasteiger partial charge in [-0.05, 0) is 0 Å². The number of hydrogen-bond acceptors (Lipinski definition) is 3. The van der Waals surface area contributed by atoms with Crippen LogP contribution in [-0.2, 0) is 13.0 Å². The van der Waals surface area contributed by atoms with Crippen molar-refractivity contribution in [3.8, 4) is 0 Å². The van der Waals surface area contributed by atoms with Crippen molar-refractivity contribution in [3.63, 3.8) is 0 Å². The smallest absolute Gasteiger partial charge is 0.395 e. The van der Waals surface area contributed by atoms with Crippen molar-refractivity contribution in [1.82, 2.24) is 9.55 Å². The number of aliphatic hydroxyl groups excluding tert-OH is 1. The summed E-state index contributed by atoms with van der Waals surface area (Å²) in [6.45, 7) is -1.28. The summed E-state index contributed by atoms with van der Waals surface area (Å²) in [4.78, 5) is 3.76. The second-order valence-electron chi connectivity index (χ2n) is 3.30. The minimum atomic E-state index is -4.25. The molecule has 0 saturated heterocycles. The molecular weight excluding hydrogens is 211 g/mol. The maximum absolute atomic E-state index is 12.0. The first-order valence-electron chi connectivity index (χ1n) is 4.34. The molecule has 0 radical (unpaired) electrons. The highest BCUT2D eigenvalue weighted by Gasteiger charge is 2.27. The maximum Gasteiger partial charge on any atom is 0.406 e. The lowest BCUT2D eigenvalue weighted by atomic mass is 10.2. The van der Waals surface area contributed by atoms with E-state index < -0.39 is 18.8 Å². The summed E-state index contributed by atoms with van der Waals surface area (Å²) >= 11 is 0. The highest BCUT2D eigenvalue weighted by Crippen LogP contribution is 2.17. The van der Waals surface area contributed by atoms with Gasteiger partial charge in [0, 0.05) is 18.7 Å². The summed E-state index contributed by atoms with van der Waals surface area (Å²) in [6, 6.07) is -0.487. The number of nitrogens with two attached hydrogens (primary N) is 1. The van der Waals surface area contributed by atoms with Crippen LogP contribution in [0.15, 0.2) is 12.5 Å². The van der Waals surface area contributed by atoms with Crippen molar-refractivity contribution < 1.29 is 18.3 Å². The minimum Gasteiger partial charge on any atom is -0.395 e. The topological polar surface area (TPSA) is 64.1 Å². The van der Waals surface area contributed by atoms with E-state index in [1.807, 2.05) is 0 Å². The van der Waals surface area contributed by atoms with E-state index >= 15 is 0 Å². The molecule has 0 saturated carbocycles. The summed E-state index contributed by atoms with van der Waals surface area (Å²) in [6.07, 6.45) is -1.60. The van der Waals surface area contributed by atoms with Crippen LogP contribution >= 0.6 is 0 Å². The van der Waals surface area contributed by atoms with Crippen LogP contribution < -0.4 is 5.73 Å². The zero-order chi connectivity index (χ0) is 11.5. The number of alkyl halides is 3. The highest BCUT2D eigenvalue weighted by atomic mass is 19.4. The lowest BCUT2D eigenvalue weighted by molar-refractivity contribution is -0.140. The maximum atomic E-state index is 12.0. The van der Waals surface area contributed by atoms with Crippen LogP contribution in [0.25, 0.3) is 0 Å². The normalized spacial score (nSPS) is 14.2. The molecule has 1 unspecified atom stereocenters. The molecule has 4 nitrogen and oxygen atoms in total. The van der Waals surface area contributed by atoms with E-state index in [2.05, 4.69) is 4.98 Å². The Kier molecular flexibility index (Phi) is 3.70. The quantitative estimate of drug-likeness (QED) is 0.772. The van der Waals surface area contributed by atoms with Crippen molar-refractivity contribution in [1.29, 1.82) is 0 Å². The summed E-state index contributed by atoms with van der Waals surface area (Å²) in [5, 5.41) is 8.65. The lowest BCUT2D eigenvalue weighted by Gasteiger charge is -2.06. The molecule has 0 aliphatic heterocycles. The SMILES string of the molecule is NC(CO)Cc1cn(CC(F)(F)F)cn1. The number of aromatic nitrogens is 2. The number of imidazole rings is 1. The third-order valence-corrected chi connectivity index (χ3v) is 1.75. The fourth-order valence-electron chi connectivity index (χ4n) is 1.14. The van der Waals surface area contributed by atoms with Crippen LogP contribution in [0, 0.1) is 0 Å².